The molecule has 1 aliphatic heterocycles. The molecule has 0 fully saturated rings. The zero-order valence-corrected chi connectivity index (χ0v) is 18.3. The second-order valence-corrected chi connectivity index (χ2v) is 11.6. The van der Waals surface area contributed by atoms with Gasteiger partial charge in [0.25, 0.3) is 20.0 Å². The summed E-state index contributed by atoms with van der Waals surface area (Å²) >= 11 is 0. The van der Waals surface area contributed by atoms with E-state index in [0.717, 1.165) is 12.5 Å². The lowest BCUT2D eigenvalue weighted by molar-refractivity contribution is 0.587. The maximum Gasteiger partial charge on any atom is 0.262 e. The van der Waals surface area contributed by atoms with Crippen molar-refractivity contribution in [3.63, 3.8) is 0 Å². The molecule has 0 amide bonds. The number of sulfonamides is 3. The van der Waals surface area contributed by atoms with Crippen molar-refractivity contribution in [2.75, 3.05) is 18.3 Å². The van der Waals surface area contributed by atoms with Crippen LogP contribution in [0.5, 0.6) is 0 Å². The Kier molecular flexibility index (Phi) is 6.17. The molecule has 0 atom stereocenters. The van der Waals surface area contributed by atoms with Gasteiger partial charge < -0.3 is 0 Å². The van der Waals surface area contributed by atoms with Gasteiger partial charge in [0.2, 0.25) is 10.0 Å². The Morgan fingerprint density at radius 1 is 0.767 bits per heavy atom. The highest BCUT2D eigenvalue weighted by Gasteiger charge is 2.21. The number of nitrogens with one attached hydrogen (secondary N) is 3. The van der Waals surface area contributed by atoms with Crippen molar-refractivity contribution in [2.24, 2.45) is 4.99 Å². The first kappa shape index (κ1) is 22.2. The summed E-state index contributed by atoms with van der Waals surface area (Å²) in [7, 11) is -10.7. The molecule has 0 bridgehead atoms. The summed E-state index contributed by atoms with van der Waals surface area (Å²) in [6.45, 7) is 0.556. The third-order valence-electron chi connectivity index (χ3n) is 4.22. The molecule has 30 heavy (non-hydrogen) atoms. The molecule has 13 heteroatoms. The molecule has 1 heterocycles. The van der Waals surface area contributed by atoms with Crippen molar-refractivity contribution >= 4 is 41.6 Å². The van der Waals surface area contributed by atoms with E-state index in [0.29, 0.717) is 18.8 Å². The fourth-order valence-corrected chi connectivity index (χ4v) is 5.78. The first-order valence-electron chi connectivity index (χ1n) is 8.76. The van der Waals surface area contributed by atoms with Gasteiger partial charge in [-0.25, -0.2) is 30.0 Å². The van der Waals surface area contributed by atoms with Crippen molar-refractivity contribution in [3.8, 4) is 0 Å². The van der Waals surface area contributed by atoms with Gasteiger partial charge in [0.1, 0.15) is 5.84 Å². The van der Waals surface area contributed by atoms with Crippen LogP contribution < -0.4 is 14.2 Å². The van der Waals surface area contributed by atoms with Crippen molar-refractivity contribution < 1.29 is 25.3 Å². The first-order chi connectivity index (χ1) is 14.0. The Morgan fingerprint density at radius 2 is 1.33 bits per heavy atom. The molecule has 10 nitrogen and oxygen atoms in total. The van der Waals surface area contributed by atoms with E-state index in [1.807, 2.05) is 0 Å². The fourth-order valence-electron chi connectivity index (χ4n) is 2.70. The first-order valence-corrected chi connectivity index (χ1v) is 13.2. The quantitative estimate of drug-likeness (QED) is 0.544. The van der Waals surface area contributed by atoms with E-state index in [2.05, 4.69) is 19.2 Å². The Bertz CT molecular complexity index is 1300. The second-order valence-electron chi connectivity index (χ2n) is 6.35. The highest BCUT2D eigenvalue weighted by Crippen LogP contribution is 2.21. The highest BCUT2D eigenvalue weighted by molar-refractivity contribution is 7.93. The predicted molar refractivity (Wildman–Crippen MR) is 112 cm³/mol. The van der Waals surface area contributed by atoms with Crippen LogP contribution in [0, 0.1) is 0 Å². The zero-order chi connectivity index (χ0) is 22.0. The Morgan fingerprint density at radius 3 is 1.93 bits per heavy atom. The minimum absolute atomic E-state index is 0.00751. The topological polar surface area (TPSA) is 151 Å². The van der Waals surface area contributed by atoms with Crippen LogP contribution >= 0.6 is 0 Å². The molecular weight excluding hydrogens is 452 g/mol. The third kappa shape index (κ3) is 4.98. The van der Waals surface area contributed by atoms with Crippen LogP contribution in [0.3, 0.4) is 0 Å². The number of rotatable bonds is 7. The number of benzene rings is 2. The molecule has 162 valence electrons. The lowest BCUT2D eigenvalue weighted by Crippen LogP contribution is -2.29. The Balaban J connectivity index is 1.88. The lowest BCUT2D eigenvalue weighted by atomic mass is 10.3. The van der Waals surface area contributed by atoms with Gasteiger partial charge in [0.05, 0.1) is 20.4 Å². The average molecular weight is 473 g/mol. The van der Waals surface area contributed by atoms with Crippen molar-refractivity contribution in [1.29, 1.82) is 0 Å². The normalized spacial score (nSPS) is 14.9. The minimum Gasteiger partial charge on any atom is -0.280 e. The summed E-state index contributed by atoms with van der Waals surface area (Å²) in [5.74, 6) is 0.364. The van der Waals surface area contributed by atoms with Crippen molar-refractivity contribution in [3.05, 3.63) is 48.5 Å². The van der Waals surface area contributed by atoms with Gasteiger partial charge in [-0.05, 0) is 49.9 Å². The number of hydrogen-bond acceptors (Lipinski definition) is 7. The number of nitrogens with zero attached hydrogens (tertiary/aromatic N) is 1. The molecule has 0 aromatic heterocycles. The van der Waals surface area contributed by atoms with E-state index in [9.17, 15) is 25.3 Å². The fraction of sp³-hybridized carbons (Fsp3) is 0.235. The summed E-state index contributed by atoms with van der Waals surface area (Å²) in [6.07, 6.45) is 1.29. The van der Waals surface area contributed by atoms with Crippen LogP contribution in [0.4, 0.5) is 5.69 Å². The molecule has 0 spiro atoms. The van der Waals surface area contributed by atoms with E-state index in [-0.39, 0.29) is 20.4 Å². The van der Waals surface area contributed by atoms with Gasteiger partial charge in [-0.1, -0.05) is 12.1 Å². The van der Waals surface area contributed by atoms with Crippen LogP contribution in [0.25, 0.3) is 0 Å². The molecule has 0 unspecified atom stereocenters. The summed E-state index contributed by atoms with van der Waals surface area (Å²) in [6, 6.07) is 10.1. The maximum absolute atomic E-state index is 12.7. The molecule has 0 radical (unpaired) electrons. The number of amidine groups is 1. The number of anilines is 1. The van der Waals surface area contributed by atoms with Crippen LogP contribution in [-0.4, -0.2) is 44.7 Å². The van der Waals surface area contributed by atoms with Gasteiger partial charge in [-0.3, -0.25) is 14.4 Å². The minimum atomic E-state index is -4.17. The molecule has 2 aromatic rings. The molecule has 0 saturated carbocycles. The molecule has 1 aliphatic rings. The SMILES string of the molecule is CNS(=O)(=O)c1cccc(S(=O)(=O)Nc2cccc(S(=O)(=O)NC3=NCCC3)c2)c1. The average Bonchev–Trinajstić information content (AvgIpc) is 3.20. The van der Waals surface area contributed by atoms with E-state index in [1.165, 1.54) is 49.5 Å². The summed E-state index contributed by atoms with van der Waals surface area (Å²) in [5.41, 5.74) is 0.00751. The van der Waals surface area contributed by atoms with E-state index in [1.54, 1.807) is 0 Å². The van der Waals surface area contributed by atoms with E-state index < -0.39 is 30.1 Å². The molecule has 0 saturated heterocycles. The summed E-state index contributed by atoms with van der Waals surface area (Å²) in [4.78, 5) is 3.42. The molecule has 0 aliphatic carbocycles. The molecular formula is C17H20N4O6S3. The van der Waals surface area contributed by atoms with Gasteiger partial charge in [-0.2, -0.15) is 0 Å². The maximum atomic E-state index is 12.7. The van der Waals surface area contributed by atoms with Crippen LogP contribution in [0.15, 0.2) is 68.2 Å². The van der Waals surface area contributed by atoms with Gasteiger partial charge >= 0.3 is 0 Å². The van der Waals surface area contributed by atoms with Crippen LogP contribution in [0.2, 0.25) is 0 Å². The Hall–Kier alpha value is -2.48. The second kappa shape index (κ2) is 8.34. The predicted octanol–water partition coefficient (Wildman–Crippen LogP) is 0.866. The standard InChI is InChI=1S/C17H20N4O6S3/c1-18-28(22,23)15-7-3-8-16(12-15)29(24,25)20-13-5-2-6-14(11-13)30(26,27)21-17-9-4-10-19-17/h2-3,5-8,11-12,18,20H,4,9-10H2,1H3,(H,19,21). The van der Waals surface area contributed by atoms with Crippen molar-refractivity contribution in [1.82, 2.24) is 9.44 Å². The van der Waals surface area contributed by atoms with Crippen LogP contribution in [0.1, 0.15) is 12.8 Å². The molecule has 3 rings (SSSR count). The monoisotopic (exact) mass is 472 g/mol. The Labute approximate surface area is 175 Å². The van der Waals surface area contributed by atoms with Gasteiger partial charge in [-0.15, -0.1) is 0 Å². The third-order valence-corrected chi connectivity index (χ3v) is 8.39. The van der Waals surface area contributed by atoms with Crippen LogP contribution in [-0.2, 0) is 30.1 Å². The summed E-state index contributed by atoms with van der Waals surface area (Å²) < 4.78 is 81.1. The zero-order valence-electron chi connectivity index (χ0n) is 15.9. The lowest BCUT2D eigenvalue weighted by Gasteiger charge is -2.12. The number of aliphatic imine (C=N–C) groups is 1. The molecule has 3 N–H and O–H groups in total. The summed E-state index contributed by atoms with van der Waals surface area (Å²) in [5, 5.41) is 0. The van der Waals surface area contributed by atoms with Gasteiger partial charge in [0, 0.05) is 13.0 Å². The molecule has 2 aromatic carbocycles. The van der Waals surface area contributed by atoms with Gasteiger partial charge in [0.15, 0.2) is 0 Å². The largest absolute Gasteiger partial charge is 0.280 e. The van der Waals surface area contributed by atoms with Crippen molar-refractivity contribution in [2.45, 2.75) is 27.5 Å². The van der Waals surface area contributed by atoms with E-state index in [4.69, 9.17) is 0 Å². The highest BCUT2D eigenvalue weighted by atomic mass is 32.2. The smallest absolute Gasteiger partial charge is 0.262 e. The number of hydrogen-bond donors (Lipinski definition) is 3. The van der Waals surface area contributed by atoms with E-state index >= 15 is 0 Å².